The van der Waals surface area contributed by atoms with Gasteiger partial charge in [0.15, 0.2) is 0 Å². The molecule has 1 heterocycles. The average Bonchev–Trinajstić information content (AvgIpc) is 2.81. The molecule has 8 heteroatoms. The summed E-state index contributed by atoms with van der Waals surface area (Å²) >= 11 is 3.15. The number of nitro benzene ring substituents is 1. The number of nitro groups is 1. The molecule has 1 aromatic rings. The number of amides is 1. The van der Waals surface area contributed by atoms with Crippen molar-refractivity contribution < 1.29 is 14.8 Å². The first-order valence-electron chi connectivity index (χ1n) is 6.10. The van der Waals surface area contributed by atoms with Gasteiger partial charge < -0.3 is 15.7 Å². The Hall–Kier alpha value is -1.51. The number of benzene rings is 1. The lowest BCUT2D eigenvalue weighted by molar-refractivity contribution is -0.384. The van der Waals surface area contributed by atoms with Crippen LogP contribution in [0.15, 0.2) is 22.7 Å². The average molecular weight is 344 g/mol. The number of nitrogens with one attached hydrogen (secondary N) is 2. The van der Waals surface area contributed by atoms with Crippen LogP contribution in [0.3, 0.4) is 0 Å². The molecule has 7 nitrogen and oxygen atoms in total. The molecule has 0 radical (unpaired) electrons. The summed E-state index contributed by atoms with van der Waals surface area (Å²) in [7, 11) is 0. The molecule has 0 saturated carbocycles. The third-order valence-corrected chi connectivity index (χ3v) is 3.89. The topological polar surface area (TPSA) is 104 Å². The van der Waals surface area contributed by atoms with E-state index in [0.717, 1.165) is 0 Å². The highest BCUT2D eigenvalue weighted by Crippen LogP contribution is 2.23. The van der Waals surface area contributed by atoms with Crippen molar-refractivity contribution in [3.8, 4) is 0 Å². The molecule has 1 aromatic carbocycles. The Labute approximate surface area is 123 Å². The Morgan fingerprint density at radius 1 is 1.55 bits per heavy atom. The zero-order valence-electron chi connectivity index (χ0n) is 10.5. The smallest absolute Gasteiger partial charge is 0.270 e. The van der Waals surface area contributed by atoms with E-state index in [1.165, 1.54) is 18.2 Å². The van der Waals surface area contributed by atoms with Crippen molar-refractivity contribution >= 4 is 27.5 Å². The van der Waals surface area contributed by atoms with E-state index in [2.05, 4.69) is 26.6 Å². The van der Waals surface area contributed by atoms with Crippen molar-refractivity contribution in [1.82, 2.24) is 10.6 Å². The summed E-state index contributed by atoms with van der Waals surface area (Å²) < 4.78 is 0.370. The molecule has 0 aliphatic carbocycles. The van der Waals surface area contributed by atoms with Gasteiger partial charge in [-0.25, -0.2) is 0 Å². The third kappa shape index (κ3) is 3.33. The van der Waals surface area contributed by atoms with Crippen LogP contribution < -0.4 is 10.6 Å². The molecular formula is C12H14BrN3O4. The van der Waals surface area contributed by atoms with Gasteiger partial charge in [0.1, 0.15) is 0 Å². The van der Waals surface area contributed by atoms with Crippen LogP contribution in [0, 0.1) is 16.0 Å². The Balaban J connectivity index is 2.00. The Morgan fingerprint density at radius 3 is 2.85 bits per heavy atom. The van der Waals surface area contributed by atoms with Crippen molar-refractivity contribution in [2.24, 2.45) is 5.92 Å². The first-order valence-corrected chi connectivity index (χ1v) is 6.89. The van der Waals surface area contributed by atoms with Crippen molar-refractivity contribution in [3.05, 3.63) is 38.3 Å². The van der Waals surface area contributed by atoms with Crippen LogP contribution in [0.1, 0.15) is 10.4 Å². The molecule has 108 valence electrons. The van der Waals surface area contributed by atoms with Gasteiger partial charge in [0, 0.05) is 42.2 Å². The zero-order valence-corrected chi connectivity index (χ0v) is 12.1. The molecule has 0 aromatic heterocycles. The van der Waals surface area contributed by atoms with Crippen LogP contribution in [-0.2, 0) is 0 Å². The fraction of sp³-hybridized carbons (Fsp3) is 0.417. The second-order valence-electron chi connectivity index (χ2n) is 4.62. The third-order valence-electron chi connectivity index (χ3n) is 3.24. The van der Waals surface area contributed by atoms with Crippen LogP contribution in [0.25, 0.3) is 0 Å². The van der Waals surface area contributed by atoms with Gasteiger partial charge in [-0.15, -0.1) is 0 Å². The monoisotopic (exact) mass is 343 g/mol. The highest BCUT2D eigenvalue weighted by Gasteiger charge is 2.25. The predicted octanol–water partition coefficient (Wildman–Crippen LogP) is 0.667. The lowest BCUT2D eigenvalue weighted by Gasteiger charge is -2.14. The maximum Gasteiger partial charge on any atom is 0.270 e. The number of β-amino-alcohol motifs (C(OH)–C–C–N with tert-alkyl or cyclic N) is 1. The van der Waals surface area contributed by atoms with Gasteiger partial charge in [-0.05, 0) is 22.0 Å². The van der Waals surface area contributed by atoms with Crippen LogP contribution in [0.2, 0.25) is 0 Å². The van der Waals surface area contributed by atoms with Crippen molar-refractivity contribution in [3.63, 3.8) is 0 Å². The number of hydrogen-bond acceptors (Lipinski definition) is 5. The van der Waals surface area contributed by atoms with Crippen LogP contribution in [-0.4, -0.2) is 41.7 Å². The van der Waals surface area contributed by atoms with Gasteiger partial charge >= 0.3 is 0 Å². The number of aliphatic hydroxyl groups is 1. The van der Waals surface area contributed by atoms with E-state index < -0.39 is 11.0 Å². The summed E-state index contributed by atoms with van der Waals surface area (Å²) in [5.74, 6) is -0.346. The van der Waals surface area contributed by atoms with E-state index in [9.17, 15) is 20.0 Å². The largest absolute Gasteiger partial charge is 0.391 e. The Morgan fingerprint density at radius 2 is 2.30 bits per heavy atom. The summed E-state index contributed by atoms with van der Waals surface area (Å²) in [5.41, 5.74) is 0.250. The van der Waals surface area contributed by atoms with Crippen LogP contribution >= 0.6 is 15.9 Å². The summed E-state index contributed by atoms with van der Waals surface area (Å²) in [6, 6.07) is 3.98. The number of hydrogen-bond donors (Lipinski definition) is 3. The van der Waals surface area contributed by atoms with E-state index in [1.807, 2.05) is 0 Å². The summed E-state index contributed by atoms with van der Waals surface area (Å²) in [6.07, 6.45) is -0.462. The molecule has 2 atom stereocenters. The quantitative estimate of drug-likeness (QED) is 0.550. The van der Waals surface area contributed by atoms with Gasteiger partial charge in [0.2, 0.25) is 0 Å². The maximum atomic E-state index is 12.0. The first-order chi connectivity index (χ1) is 9.49. The molecule has 20 heavy (non-hydrogen) atoms. The van der Waals surface area contributed by atoms with E-state index >= 15 is 0 Å². The van der Waals surface area contributed by atoms with E-state index in [4.69, 9.17) is 0 Å². The molecule has 1 amide bonds. The van der Waals surface area contributed by atoms with Gasteiger partial charge in [-0.3, -0.25) is 14.9 Å². The molecule has 2 unspecified atom stereocenters. The standard InChI is InChI=1S/C12H14BrN3O4/c13-10-3-8(16(19)20)1-2-9(10)12(18)15-5-7-4-14-6-11(7)17/h1-3,7,11,14,17H,4-6H2,(H,15,18). The fourth-order valence-corrected chi connectivity index (χ4v) is 2.60. The first kappa shape index (κ1) is 14.9. The van der Waals surface area contributed by atoms with Gasteiger partial charge in [-0.2, -0.15) is 0 Å². The zero-order chi connectivity index (χ0) is 14.7. The second kappa shape index (κ2) is 6.29. The van der Waals surface area contributed by atoms with Crippen molar-refractivity contribution in [2.45, 2.75) is 6.10 Å². The second-order valence-corrected chi connectivity index (χ2v) is 5.47. The minimum absolute atomic E-state index is 0.0178. The highest BCUT2D eigenvalue weighted by molar-refractivity contribution is 9.10. The van der Waals surface area contributed by atoms with Crippen LogP contribution in [0.4, 0.5) is 5.69 Å². The molecule has 1 fully saturated rings. The number of aliphatic hydroxyl groups excluding tert-OH is 1. The van der Waals surface area contributed by atoms with Gasteiger partial charge in [-0.1, -0.05) is 0 Å². The van der Waals surface area contributed by atoms with Crippen molar-refractivity contribution in [1.29, 1.82) is 0 Å². The fourth-order valence-electron chi connectivity index (χ4n) is 2.05. The normalized spacial score (nSPS) is 21.7. The summed E-state index contributed by atoms with van der Waals surface area (Å²) in [4.78, 5) is 22.1. The molecule has 2 rings (SSSR count). The van der Waals surface area contributed by atoms with Gasteiger partial charge in [0.05, 0.1) is 16.6 Å². The summed E-state index contributed by atoms with van der Waals surface area (Å²) in [5, 5.41) is 26.0. The molecule has 1 aliphatic rings. The lowest BCUT2D eigenvalue weighted by atomic mass is 10.1. The number of non-ortho nitro benzene ring substituents is 1. The van der Waals surface area contributed by atoms with Crippen LogP contribution in [0.5, 0.6) is 0 Å². The molecule has 3 N–H and O–H groups in total. The van der Waals surface area contributed by atoms with E-state index in [0.29, 0.717) is 29.7 Å². The SMILES string of the molecule is O=C(NCC1CNCC1O)c1ccc([N+](=O)[O-])cc1Br. The number of rotatable bonds is 4. The molecule has 1 aliphatic heterocycles. The number of nitrogens with zero attached hydrogens (tertiary/aromatic N) is 1. The van der Waals surface area contributed by atoms with Gasteiger partial charge in [0.25, 0.3) is 11.6 Å². The molecule has 0 spiro atoms. The van der Waals surface area contributed by atoms with E-state index in [1.54, 1.807) is 0 Å². The molecule has 0 bridgehead atoms. The van der Waals surface area contributed by atoms with Crippen molar-refractivity contribution in [2.75, 3.05) is 19.6 Å². The maximum absolute atomic E-state index is 12.0. The predicted molar refractivity (Wildman–Crippen MR) is 75.5 cm³/mol. The number of carbonyl (C=O) groups is 1. The Bertz CT molecular complexity index is 537. The minimum Gasteiger partial charge on any atom is -0.391 e. The number of halogens is 1. The lowest BCUT2D eigenvalue weighted by Crippen LogP contribution is -2.34. The van der Waals surface area contributed by atoms with E-state index in [-0.39, 0.29) is 17.5 Å². The molecular weight excluding hydrogens is 330 g/mol. The molecule has 1 saturated heterocycles. The minimum atomic E-state index is -0.521. The number of carbonyl (C=O) groups excluding carboxylic acids is 1. The highest BCUT2D eigenvalue weighted by atomic mass is 79.9. The summed E-state index contributed by atoms with van der Waals surface area (Å²) in [6.45, 7) is 1.54. The Kier molecular flexibility index (Phi) is 4.69.